The second-order valence-corrected chi connectivity index (χ2v) is 6.69. The number of halogens is 1. The quantitative estimate of drug-likeness (QED) is 0.889. The SMILES string of the molecule is CNC(CC(C)(C)C)c1cc2c(cc1F)NC(=O)CC2. The maximum atomic E-state index is 14.3. The van der Waals surface area contributed by atoms with Crippen molar-refractivity contribution in [3.05, 3.63) is 29.1 Å². The van der Waals surface area contributed by atoms with E-state index >= 15 is 0 Å². The standard InChI is InChI=1S/C16H23FN2O/c1-16(2,3)9-14(18-4)11-7-10-5-6-15(20)19-13(10)8-12(11)17/h7-8,14,18H,5-6,9H2,1-4H3,(H,19,20). The van der Waals surface area contributed by atoms with Gasteiger partial charge in [0, 0.05) is 23.7 Å². The van der Waals surface area contributed by atoms with Crippen LogP contribution in [-0.2, 0) is 11.2 Å². The summed E-state index contributed by atoms with van der Waals surface area (Å²) in [4.78, 5) is 11.4. The predicted molar refractivity (Wildman–Crippen MR) is 79.2 cm³/mol. The zero-order valence-electron chi connectivity index (χ0n) is 12.6. The normalized spacial score (nSPS) is 16.6. The highest BCUT2D eigenvalue weighted by Gasteiger charge is 2.24. The zero-order valence-corrected chi connectivity index (χ0v) is 12.6. The number of hydrogen-bond acceptors (Lipinski definition) is 2. The second kappa shape index (κ2) is 5.52. The lowest BCUT2D eigenvalue weighted by Crippen LogP contribution is -2.25. The van der Waals surface area contributed by atoms with Crippen LogP contribution in [0.3, 0.4) is 0 Å². The minimum absolute atomic E-state index is 0.0158. The highest BCUT2D eigenvalue weighted by atomic mass is 19.1. The van der Waals surface area contributed by atoms with Crippen molar-refractivity contribution in [2.75, 3.05) is 12.4 Å². The molecule has 0 fully saturated rings. The Morgan fingerprint density at radius 2 is 2.05 bits per heavy atom. The molecule has 20 heavy (non-hydrogen) atoms. The molecule has 1 heterocycles. The fourth-order valence-corrected chi connectivity index (χ4v) is 2.67. The summed E-state index contributed by atoms with van der Waals surface area (Å²) in [6, 6.07) is 3.34. The monoisotopic (exact) mass is 278 g/mol. The van der Waals surface area contributed by atoms with E-state index in [0.717, 1.165) is 12.0 Å². The highest BCUT2D eigenvalue weighted by Crippen LogP contribution is 2.34. The van der Waals surface area contributed by atoms with Crippen LogP contribution in [0.4, 0.5) is 10.1 Å². The van der Waals surface area contributed by atoms with Crippen molar-refractivity contribution in [3.8, 4) is 0 Å². The fourth-order valence-electron chi connectivity index (χ4n) is 2.67. The molecule has 0 bridgehead atoms. The van der Waals surface area contributed by atoms with E-state index in [1.165, 1.54) is 6.07 Å². The molecule has 1 atom stereocenters. The molecule has 4 heteroatoms. The predicted octanol–water partition coefficient (Wildman–Crippen LogP) is 3.41. The van der Waals surface area contributed by atoms with Crippen LogP contribution in [0, 0.1) is 11.2 Å². The third-order valence-corrected chi connectivity index (χ3v) is 3.66. The lowest BCUT2D eigenvalue weighted by Gasteiger charge is -2.27. The molecule has 1 amide bonds. The Balaban J connectivity index is 2.34. The lowest BCUT2D eigenvalue weighted by atomic mass is 9.84. The molecule has 1 aromatic rings. The van der Waals surface area contributed by atoms with Gasteiger partial charge in [0.1, 0.15) is 5.82 Å². The Kier molecular flexibility index (Phi) is 4.14. The molecule has 1 aliphatic heterocycles. The van der Waals surface area contributed by atoms with E-state index in [-0.39, 0.29) is 23.2 Å². The number of fused-ring (bicyclic) bond motifs is 1. The highest BCUT2D eigenvalue weighted by molar-refractivity contribution is 5.93. The first-order valence-electron chi connectivity index (χ1n) is 7.09. The van der Waals surface area contributed by atoms with Crippen LogP contribution in [0.5, 0.6) is 0 Å². The molecule has 0 spiro atoms. The van der Waals surface area contributed by atoms with Gasteiger partial charge in [0.2, 0.25) is 5.91 Å². The van der Waals surface area contributed by atoms with Gasteiger partial charge in [-0.25, -0.2) is 4.39 Å². The number of rotatable bonds is 3. The molecule has 1 unspecified atom stereocenters. The smallest absolute Gasteiger partial charge is 0.224 e. The number of anilines is 1. The van der Waals surface area contributed by atoms with E-state index in [1.807, 2.05) is 13.1 Å². The second-order valence-electron chi connectivity index (χ2n) is 6.69. The summed E-state index contributed by atoms with van der Waals surface area (Å²) in [5.74, 6) is -0.293. The maximum Gasteiger partial charge on any atom is 0.224 e. The number of aryl methyl sites for hydroxylation is 1. The Hall–Kier alpha value is -1.42. The van der Waals surface area contributed by atoms with Crippen molar-refractivity contribution in [1.82, 2.24) is 5.32 Å². The van der Waals surface area contributed by atoms with Crippen LogP contribution in [-0.4, -0.2) is 13.0 Å². The summed E-state index contributed by atoms with van der Waals surface area (Å²) < 4.78 is 14.3. The van der Waals surface area contributed by atoms with Crippen molar-refractivity contribution in [2.24, 2.45) is 5.41 Å². The third kappa shape index (κ3) is 3.37. The molecule has 0 saturated carbocycles. The Bertz CT molecular complexity index is 520. The van der Waals surface area contributed by atoms with Crippen molar-refractivity contribution >= 4 is 11.6 Å². The number of carbonyl (C=O) groups excluding carboxylic acids is 1. The first kappa shape index (κ1) is 15.0. The van der Waals surface area contributed by atoms with Crippen LogP contribution in [0.2, 0.25) is 0 Å². The maximum absolute atomic E-state index is 14.3. The molecule has 2 rings (SSSR count). The van der Waals surface area contributed by atoms with Crippen molar-refractivity contribution in [3.63, 3.8) is 0 Å². The molecule has 0 saturated heterocycles. The van der Waals surface area contributed by atoms with Crippen molar-refractivity contribution < 1.29 is 9.18 Å². The number of amides is 1. The van der Waals surface area contributed by atoms with Gasteiger partial charge < -0.3 is 10.6 Å². The molecule has 1 aliphatic rings. The van der Waals surface area contributed by atoms with Gasteiger partial charge in [-0.2, -0.15) is 0 Å². The van der Waals surface area contributed by atoms with Gasteiger partial charge in [-0.3, -0.25) is 4.79 Å². The van der Waals surface area contributed by atoms with Crippen LogP contribution in [0.25, 0.3) is 0 Å². The molecule has 1 aromatic carbocycles. The average molecular weight is 278 g/mol. The van der Waals surface area contributed by atoms with Gasteiger partial charge in [-0.1, -0.05) is 20.8 Å². The number of nitrogens with one attached hydrogen (secondary N) is 2. The molecular formula is C16H23FN2O. The fraction of sp³-hybridized carbons (Fsp3) is 0.562. The van der Waals surface area contributed by atoms with E-state index in [9.17, 15) is 9.18 Å². The topological polar surface area (TPSA) is 41.1 Å². The van der Waals surface area contributed by atoms with Crippen molar-refractivity contribution in [2.45, 2.75) is 46.1 Å². The third-order valence-electron chi connectivity index (χ3n) is 3.66. The summed E-state index contributed by atoms with van der Waals surface area (Å²) >= 11 is 0. The van der Waals surface area contributed by atoms with Crippen LogP contribution < -0.4 is 10.6 Å². The molecule has 0 aromatic heterocycles. The molecule has 0 aliphatic carbocycles. The summed E-state index contributed by atoms with van der Waals surface area (Å²) in [6.45, 7) is 6.44. The van der Waals surface area contributed by atoms with E-state index in [1.54, 1.807) is 0 Å². The Morgan fingerprint density at radius 3 is 2.65 bits per heavy atom. The summed E-state index contributed by atoms with van der Waals surface area (Å²) in [7, 11) is 1.86. The molecule has 0 radical (unpaired) electrons. The van der Waals surface area contributed by atoms with Crippen molar-refractivity contribution in [1.29, 1.82) is 0 Å². The lowest BCUT2D eigenvalue weighted by molar-refractivity contribution is -0.116. The molecule has 110 valence electrons. The summed E-state index contributed by atoms with van der Waals surface area (Å²) in [6.07, 6.45) is 2.01. The van der Waals surface area contributed by atoms with Crippen LogP contribution in [0.1, 0.15) is 50.8 Å². The minimum atomic E-state index is -0.255. The zero-order chi connectivity index (χ0) is 14.9. The van der Waals surface area contributed by atoms with Gasteiger partial charge >= 0.3 is 0 Å². The van der Waals surface area contributed by atoms with Gasteiger partial charge in [0.25, 0.3) is 0 Å². The van der Waals surface area contributed by atoms with Crippen LogP contribution in [0.15, 0.2) is 12.1 Å². The van der Waals surface area contributed by atoms with E-state index in [4.69, 9.17) is 0 Å². The van der Waals surface area contributed by atoms with Gasteiger partial charge in [0.05, 0.1) is 0 Å². The average Bonchev–Trinajstić information content (AvgIpc) is 2.34. The first-order chi connectivity index (χ1) is 9.30. The van der Waals surface area contributed by atoms with E-state index < -0.39 is 0 Å². The van der Waals surface area contributed by atoms with E-state index in [2.05, 4.69) is 31.4 Å². The number of hydrogen-bond donors (Lipinski definition) is 2. The molecule has 3 nitrogen and oxygen atoms in total. The number of carbonyl (C=O) groups is 1. The largest absolute Gasteiger partial charge is 0.326 e. The minimum Gasteiger partial charge on any atom is -0.326 e. The first-order valence-corrected chi connectivity index (χ1v) is 7.09. The van der Waals surface area contributed by atoms with Gasteiger partial charge in [0.15, 0.2) is 0 Å². The van der Waals surface area contributed by atoms with E-state index in [0.29, 0.717) is 24.1 Å². The Morgan fingerprint density at radius 1 is 1.35 bits per heavy atom. The van der Waals surface area contributed by atoms with Gasteiger partial charge in [-0.05, 0) is 43.0 Å². The summed E-state index contributed by atoms with van der Waals surface area (Å²) in [5.41, 5.74) is 2.45. The van der Waals surface area contributed by atoms with Crippen LogP contribution >= 0.6 is 0 Å². The number of benzene rings is 1. The van der Waals surface area contributed by atoms with Gasteiger partial charge in [-0.15, -0.1) is 0 Å². The molecular weight excluding hydrogens is 255 g/mol. The summed E-state index contributed by atoms with van der Waals surface area (Å²) in [5, 5.41) is 5.94. The molecule has 2 N–H and O–H groups in total. The Labute approximate surface area is 120 Å².